The minimum Gasteiger partial charge on any atom is -0.478 e. The zero-order valence-corrected chi connectivity index (χ0v) is 13.4. The number of anilines is 1. The Morgan fingerprint density at radius 1 is 1.33 bits per heavy atom. The summed E-state index contributed by atoms with van der Waals surface area (Å²) in [6.45, 7) is 6.13. The number of hydrogen-bond acceptors (Lipinski definition) is 4. The Hall–Kier alpha value is -1.20. The average molecular weight is 308 g/mol. The summed E-state index contributed by atoms with van der Waals surface area (Å²) in [4.78, 5) is 14.8. The monoisotopic (exact) mass is 308 g/mol. The largest absolute Gasteiger partial charge is 0.478 e. The van der Waals surface area contributed by atoms with Crippen LogP contribution in [-0.4, -0.2) is 47.9 Å². The van der Waals surface area contributed by atoms with Gasteiger partial charge in [-0.3, -0.25) is 0 Å². The first-order valence-electron chi connectivity index (χ1n) is 7.67. The van der Waals surface area contributed by atoms with Crippen LogP contribution in [0.3, 0.4) is 0 Å². The van der Waals surface area contributed by atoms with E-state index in [4.69, 9.17) is 0 Å². The van der Waals surface area contributed by atoms with E-state index in [1.54, 1.807) is 11.8 Å². The summed E-state index contributed by atoms with van der Waals surface area (Å²) in [5.74, 6) is 0.0179. The van der Waals surface area contributed by atoms with Crippen LogP contribution in [-0.2, 0) is 0 Å². The Bertz CT molecular complexity index is 473. The highest BCUT2D eigenvalue weighted by Gasteiger charge is 2.16. The first-order valence-corrected chi connectivity index (χ1v) is 8.66. The van der Waals surface area contributed by atoms with Crippen molar-refractivity contribution in [1.82, 2.24) is 4.90 Å². The molecule has 0 bridgehead atoms. The van der Waals surface area contributed by atoms with Crippen LogP contribution in [0.25, 0.3) is 0 Å². The van der Waals surface area contributed by atoms with Crippen LogP contribution in [0.1, 0.15) is 36.5 Å². The molecule has 0 unspecified atom stereocenters. The molecule has 21 heavy (non-hydrogen) atoms. The normalized spacial score (nSPS) is 15.9. The van der Waals surface area contributed by atoms with E-state index in [-0.39, 0.29) is 0 Å². The van der Waals surface area contributed by atoms with Gasteiger partial charge in [-0.05, 0) is 43.8 Å². The highest BCUT2D eigenvalue weighted by atomic mass is 32.2. The highest BCUT2D eigenvalue weighted by molar-refractivity contribution is 7.99. The predicted molar refractivity (Wildman–Crippen MR) is 88.6 cm³/mol. The fraction of sp³-hybridized carbons (Fsp3) is 0.562. The van der Waals surface area contributed by atoms with Gasteiger partial charge < -0.3 is 15.3 Å². The molecule has 0 atom stereocenters. The molecular formula is C16H24N2O2S. The Labute approximate surface area is 130 Å². The predicted octanol–water partition coefficient (Wildman–Crippen LogP) is 3.39. The molecule has 1 aliphatic rings. The van der Waals surface area contributed by atoms with Crippen LogP contribution >= 0.6 is 11.8 Å². The molecule has 5 heteroatoms. The molecule has 0 aromatic heterocycles. The smallest absolute Gasteiger partial charge is 0.338 e. The second kappa shape index (κ2) is 8.29. The van der Waals surface area contributed by atoms with Crippen molar-refractivity contribution >= 4 is 23.4 Å². The Morgan fingerprint density at radius 2 is 2.10 bits per heavy atom. The molecule has 0 spiro atoms. The maximum Gasteiger partial charge on any atom is 0.338 e. The molecule has 4 nitrogen and oxygen atoms in total. The van der Waals surface area contributed by atoms with Crippen LogP contribution in [0.2, 0.25) is 0 Å². The van der Waals surface area contributed by atoms with Crippen molar-refractivity contribution in [2.75, 3.05) is 37.2 Å². The molecule has 0 aliphatic carbocycles. The molecule has 1 aliphatic heterocycles. The first-order chi connectivity index (χ1) is 10.2. The van der Waals surface area contributed by atoms with Crippen molar-refractivity contribution in [3.63, 3.8) is 0 Å². The molecule has 1 fully saturated rings. The van der Waals surface area contributed by atoms with Crippen LogP contribution in [0.15, 0.2) is 23.1 Å². The molecule has 2 rings (SSSR count). The molecule has 116 valence electrons. The number of piperidine rings is 1. The number of benzene rings is 1. The summed E-state index contributed by atoms with van der Waals surface area (Å²) in [5.41, 5.74) is 1.14. The molecule has 2 N–H and O–H groups in total. The maximum atomic E-state index is 11.5. The van der Waals surface area contributed by atoms with E-state index in [1.807, 2.05) is 25.1 Å². The number of hydrogen-bond donors (Lipinski definition) is 2. The van der Waals surface area contributed by atoms with Gasteiger partial charge in [0.2, 0.25) is 0 Å². The molecule has 1 saturated heterocycles. The number of aromatic carboxylic acids is 1. The Balaban J connectivity index is 1.98. The van der Waals surface area contributed by atoms with Crippen LogP contribution in [0.4, 0.5) is 5.69 Å². The summed E-state index contributed by atoms with van der Waals surface area (Å²) in [6, 6.07) is 5.67. The Morgan fingerprint density at radius 3 is 2.76 bits per heavy atom. The molecule has 1 aromatic rings. The van der Waals surface area contributed by atoms with Crippen molar-refractivity contribution in [3.8, 4) is 0 Å². The average Bonchev–Trinajstić information content (AvgIpc) is 2.48. The van der Waals surface area contributed by atoms with E-state index in [9.17, 15) is 9.90 Å². The number of carboxylic acid groups (broad SMARTS) is 1. The van der Waals surface area contributed by atoms with Gasteiger partial charge in [0.25, 0.3) is 0 Å². The van der Waals surface area contributed by atoms with Gasteiger partial charge in [-0.15, -0.1) is 11.8 Å². The third-order valence-electron chi connectivity index (χ3n) is 3.73. The van der Waals surface area contributed by atoms with Gasteiger partial charge in [0.1, 0.15) is 0 Å². The number of thioether (sulfide) groups is 1. The van der Waals surface area contributed by atoms with E-state index in [1.165, 1.54) is 32.4 Å². The lowest BCUT2D eigenvalue weighted by Gasteiger charge is -2.26. The van der Waals surface area contributed by atoms with Gasteiger partial charge >= 0.3 is 5.97 Å². The summed E-state index contributed by atoms with van der Waals surface area (Å²) >= 11 is 1.57. The van der Waals surface area contributed by atoms with Crippen molar-refractivity contribution < 1.29 is 9.90 Å². The molecule has 0 radical (unpaired) electrons. The summed E-state index contributed by atoms with van der Waals surface area (Å²) in [5, 5.41) is 12.8. The SMILES string of the molecule is CCSc1cccc(NCCN2CCCCC2)c1C(=O)O. The first kappa shape index (κ1) is 16.2. The molecule has 1 aromatic carbocycles. The van der Waals surface area contributed by atoms with Crippen LogP contribution in [0.5, 0.6) is 0 Å². The zero-order valence-electron chi connectivity index (χ0n) is 12.6. The number of nitrogens with one attached hydrogen (secondary N) is 1. The fourth-order valence-electron chi connectivity index (χ4n) is 2.71. The molecular weight excluding hydrogens is 284 g/mol. The van der Waals surface area contributed by atoms with Crippen molar-refractivity contribution in [3.05, 3.63) is 23.8 Å². The molecule has 1 heterocycles. The number of nitrogens with zero attached hydrogens (tertiary/aromatic N) is 1. The van der Waals surface area contributed by atoms with Crippen molar-refractivity contribution in [2.24, 2.45) is 0 Å². The van der Waals surface area contributed by atoms with E-state index >= 15 is 0 Å². The van der Waals surface area contributed by atoms with Crippen molar-refractivity contribution in [1.29, 1.82) is 0 Å². The fourth-order valence-corrected chi connectivity index (χ4v) is 3.53. The summed E-state index contributed by atoms with van der Waals surface area (Å²) < 4.78 is 0. The lowest BCUT2D eigenvalue weighted by atomic mass is 10.1. The Kier molecular flexibility index (Phi) is 6.39. The number of likely N-dealkylation sites (tertiary alicyclic amines) is 1. The van der Waals surface area contributed by atoms with E-state index < -0.39 is 5.97 Å². The summed E-state index contributed by atoms with van der Waals surface area (Å²) in [7, 11) is 0. The number of rotatable bonds is 7. The highest BCUT2D eigenvalue weighted by Crippen LogP contribution is 2.28. The summed E-state index contributed by atoms with van der Waals surface area (Å²) in [6.07, 6.45) is 3.90. The standard InChI is InChI=1S/C16H24N2O2S/c1-2-21-14-8-6-7-13(15(14)16(19)20)17-9-12-18-10-4-3-5-11-18/h6-8,17H,2-5,9-12H2,1H3,(H,19,20). The minimum atomic E-state index is -0.855. The minimum absolute atomic E-state index is 0.406. The lowest BCUT2D eigenvalue weighted by Crippen LogP contribution is -2.33. The topological polar surface area (TPSA) is 52.6 Å². The van der Waals surface area contributed by atoms with Gasteiger partial charge in [-0.25, -0.2) is 4.79 Å². The molecule has 0 saturated carbocycles. The van der Waals surface area contributed by atoms with Crippen molar-refractivity contribution in [2.45, 2.75) is 31.1 Å². The van der Waals surface area contributed by atoms with E-state index in [2.05, 4.69) is 10.2 Å². The molecule has 0 amide bonds. The van der Waals surface area contributed by atoms with E-state index in [0.717, 1.165) is 29.4 Å². The van der Waals surface area contributed by atoms with Gasteiger partial charge in [-0.1, -0.05) is 19.4 Å². The second-order valence-electron chi connectivity index (χ2n) is 5.25. The lowest BCUT2D eigenvalue weighted by molar-refractivity contribution is 0.0694. The van der Waals surface area contributed by atoms with Crippen LogP contribution in [0, 0.1) is 0 Å². The second-order valence-corrected chi connectivity index (χ2v) is 6.55. The third-order valence-corrected chi connectivity index (χ3v) is 4.67. The maximum absolute atomic E-state index is 11.5. The number of carbonyl (C=O) groups is 1. The zero-order chi connectivity index (χ0) is 15.1. The van der Waals surface area contributed by atoms with Gasteiger partial charge in [-0.2, -0.15) is 0 Å². The van der Waals surface area contributed by atoms with Crippen LogP contribution < -0.4 is 5.32 Å². The van der Waals surface area contributed by atoms with Gasteiger partial charge in [0.05, 0.1) is 5.56 Å². The van der Waals surface area contributed by atoms with E-state index in [0.29, 0.717) is 5.56 Å². The van der Waals surface area contributed by atoms with Gasteiger partial charge in [0.15, 0.2) is 0 Å². The number of carboxylic acids is 1. The quantitative estimate of drug-likeness (QED) is 0.756. The van der Waals surface area contributed by atoms with Gasteiger partial charge in [0, 0.05) is 23.7 Å². The third kappa shape index (κ3) is 4.64.